The van der Waals surface area contributed by atoms with E-state index in [1.807, 2.05) is 30.3 Å². The lowest BCUT2D eigenvalue weighted by atomic mass is 10.0. The summed E-state index contributed by atoms with van der Waals surface area (Å²) in [6.07, 6.45) is 1.21. The van der Waals surface area contributed by atoms with Crippen molar-refractivity contribution in [1.82, 2.24) is 25.5 Å². The van der Waals surface area contributed by atoms with Crippen molar-refractivity contribution in [2.45, 2.75) is 39.0 Å². The van der Waals surface area contributed by atoms with Crippen molar-refractivity contribution in [3.8, 4) is 0 Å². The Morgan fingerprint density at radius 2 is 2.00 bits per heavy atom. The zero-order valence-electron chi connectivity index (χ0n) is 13.0. The van der Waals surface area contributed by atoms with Gasteiger partial charge in [0.25, 0.3) is 0 Å². The first-order valence-corrected chi connectivity index (χ1v) is 7.29. The van der Waals surface area contributed by atoms with Crippen LogP contribution in [-0.2, 0) is 20.9 Å². The Labute approximate surface area is 133 Å². The first-order valence-electron chi connectivity index (χ1n) is 7.29. The van der Waals surface area contributed by atoms with E-state index in [2.05, 4.69) is 20.8 Å². The Balaban J connectivity index is 2.04. The monoisotopic (exact) mass is 317 g/mol. The summed E-state index contributed by atoms with van der Waals surface area (Å²) in [5.74, 6) is -0.653. The summed E-state index contributed by atoms with van der Waals surface area (Å²) in [4.78, 5) is 24.0. The van der Waals surface area contributed by atoms with Crippen molar-refractivity contribution in [2.24, 2.45) is 0 Å². The number of ether oxygens (including phenoxy) is 1. The molecule has 0 bridgehead atoms. The summed E-state index contributed by atoms with van der Waals surface area (Å²) in [6, 6.07) is 8.81. The molecule has 0 fully saturated rings. The lowest BCUT2D eigenvalue weighted by Gasteiger charge is -2.19. The lowest BCUT2D eigenvalue weighted by Crippen LogP contribution is -2.33. The van der Waals surface area contributed by atoms with E-state index in [9.17, 15) is 9.59 Å². The molecule has 0 aliphatic rings. The fourth-order valence-corrected chi connectivity index (χ4v) is 2.06. The molecule has 1 unspecified atom stereocenters. The van der Waals surface area contributed by atoms with Gasteiger partial charge >= 0.3 is 5.97 Å². The Morgan fingerprint density at radius 3 is 2.61 bits per heavy atom. The number of tetrazole rings is 1. The highest BCUT2D eigenvalue weighted by atomic mass is 16.5. The number of esters is 1. The Hall–Kier alpha value is -2.77. The molecule has 0 radical (unpaired) electrons. The van der Waals surface area contributed by atoms with Gasteiger partial charge < -0.3 is 10.1 Å². The highest BCUT2D eigenvalue weighted by Crippen LogP contribution is 2.17. The van der Waals surface area contributed by atoms with Crippen LogP contribution in [0.4, 0.5) is 0 Å². The number of hydrogen-bond acceptors (Lipinski definition) is 6. The van der Waals surface area contributed by atoms with E-state index in [1.165, 1.54) is 11.0 Å². The Kier molecular flexibility index (Phi) is 5.79. The van der Waals surface area contributed by atoms with E-state index in [0.29, 0.717) is 0 Å². The second-order valence-electron chi connectivity index (χ2n) is 5.28. The van der Waals surface area contributed by atoms with Crippen molar-refractivity contribution in [3.05, 3.63) is 42.2 Å². The van der Waals surface area contributed by atoms with Crippen LogP contribution in [0.2, 0.25) is 0 Å². The van der Waals surface area contributed by atoms with Crippen molar-refractivity contribution >= 4 is 11.9 Å². The molecule has 1 heterocycles. The molecule has 8 heteroatoms. The molecular weight excluding hydrogens is 298 g/mol. The van der Waals surface area contributed by atoms with Gasteiger partial charge in [-0.3, -0.25) is 9.59 Å². The summed E-state index contributed by atoms with van der Waals surface area (Å²) in [7, 11) is 0. The molecule has 8 nitrogen and oxygen atoms in total. The molecule has 1 aromatic heterocycles. The minimum absolute atomic E-state index is 0.0183. The van der Waals surface area contributed by atoms with E-state index in [1.54, 1.807) is 13.8 Å². The number of nitrogens with one attached hydrogen (secondary N) is 1. The SMILES string of the molecule is CC(C)OC(=O)CC(NC(=O)Cn1cnnn1)c1ccccc1. The topological polar surface area (TPSA) is 99.0 Å². The van der Waals surface area contributed by atoms with Gasteiger partial charge in [-0.2, -0.15) is 0 Å². The standard InChI is InChI=1S/C15H19N5O3/c1-11(2)23-15(22)8-13(12-6-4-3-5-7-12)17-14(21)9-20-10-16-18-19-20/h3-7,10-11,13H,8-9H2,1-2H3,(H,17,21). The normalized spacial score (nSPS) is 12.0. The average molecular weight is 317 g/mol. The number of amides is 1. The number of carbonyl (C=O) groups excluding carboxylic acids is 2. The van der Waals surface area contributed by atoms with Crippen LogP contribution in [0, 0.1) is 0 Å². The fraction of sp³-hybridized carbons (Fsp3) is 0.400. The van der Waals surface area contributed by atoms with Gasteiger partial charge in [0.15, 0.2) is 0 Å². The van der Waals surface area contributed by atoms with Gasteiger partial charge in [-0.1, -0.05) is 30.3 Å². The van der Waals surface area contributed by atoms with Gasteiger partial charge in [0, 0.05) is 0 Å². The summed E-state index contributed by atoms with van der Waals surface area (Å²) in [5.41, 5.74) is 0.832. The first kappa shape index (κ1) is 16.6. The quantitative estimate of drug-likeness (QED) is 0.761. The number of rotatable bonds is 7. The van der Waals surface area contributed by atoms with Gasteiger partial charge in [0.1, 0.15) is 12.9 Å². The lowest BCUT2D eigenvalue weighted by molar-refractivity contribution is -0.148. The van der Waals surface area contributed by atoms with Crippen LogP contribution in [0.15, 0.2) is 36.7 Å². The molecule has 1 aromatic carbocycles. The fourth-order valence-electron chi connectivity index (χ4n) is 2.06. The molecule has 23 heavy (non-hydrogen) atoms. The number of nitrogens with zero attached hydrogens (tertiary/aromatic N) is 4. The van der Waals surface area contributed by atoms with Gasteiger partial charge in [0.2, 0.25) is 5.91 Å². The Morgan fingerprint density at radius 1 is 1.26 bits per heavy atom. The van der Waals surface area contributed by atoms with Crippen LogP contribution in [0.1, 0.15) is 31.9 Å². The number of hydrogen-bond donors (Lipinski definition) is 1. The molecule has 1 atom stereocenters. The number of aromatic nitrogens is 4. The van der Waals surface area contributed by atoms with Crippen LogP contribution in [-0.4, -0.2) is 38.2 Å². The number of carbonyl (C=O) groups is 2. The molecule has 122 valence electrons. The van der Waals surface area contributed by atoms with Crippen LogP contribution < -0.4 is 5.32 Å². The van der Waals surface area contributed by atoms with Crippen molar-refractivity contribution in [1.29, 1.82) is 0 Å². The van der Waals surface area contributed by atoms with Crippen LogP contribution in [0.3, 0.4) is 0 Å². The van der Waals surface area contributed by atoms with Crippen molar-refractivity contribution < 1.29 is 14.3 Å². The molecule has 0 saturated carbocycles. The zero-order chi connectivity index (χ0) is 16.7. The molecule has 2 rings (SSSR count). The third-order valence-electron chi connectivity index (χ3n) is 2.97. The first-order chi connectivity index (χ1) is 11.0. The molecule has 0 saturated heterocycles. The van der Waals surface area contributed by atoms with Crippen molar-refractivity contribution in [2.75, 3.05) is 0 Å². The molecule has 0 spiro atoms. The van der Waals surface area contributed by atoms with Gasteiger partial charge in [-0.25, -0.2) is 4.68 Å². The van der Waals surface area contributed by atoms with E-state index in [-0.39, 0.29) is 30.9 Å². The molecule has 2 aromatic rings. The largest absolute Gasteiger partial charge is 0.463 e. The van der Waals surface area contributed by atoms with Crippen molar-refractivity contribution in [3.63, 3.8) is 0 Å². The van der Waals surface area contributed by atoms with Gasteiger partial charge in [-0.05, 0) is 29.8 Å². The maximum Gasteiger partial charge on any atom is 0.308 e. The highest BCUT2D eigenvalue weighted by Gasteiger charge is 2.20. The molecule has 0 aliphatic carbocycles. The Bertz CT molecular complexity index is 628. The predicted octanol–water partition coefficient (Wildman–Crippen LogP) is 0.872. The van der Waals surface area contributed by atoms with Crippen LogP contribution >= 0.6 is 0 Å². The van der Waals surface area contributed by atoms with E-state index in [0.717, 1.165) is 5.56 Å². The average Bonchev–Trinajstić information content (AvgIpc) is 2.99. The molecule has 0 aliphatic heterocycles. The maximum atomic E-state index is 12.1. The third kappa shape index (κ3) is 5.50. The smallest absolute Gasteiger partial charge is 0.308 e. The van der Waals surface area contributed by atoms with E-state index in [4.69, 9.17) is 4.74 Å². The molecule has 1 amide bonds. The maximum absolute atomic E-state index is 12.1. The predicted molar refractivity (Wildman–Crippen MR) is 81.0 cm³/mol. The van der Waals surface area contributed by atoms with Crippen LogP contribution in [0.5, 0.6) is 0 Å². The van der Waals surface area contributed by atoms with Crippen LogP contribution in [0.25, 0.3) is 0 Å². The zero-order valence-corrected chi connectivity index (χ0v) is 13.0. The summed E-state index contributed by atoms with van der Waals surface area (Å²) < 4.78 is 6.47. The second kappa shape index (κ2) is 8.02. The van der Waals surface area contributed by atoms with E-state index >= 15 is 0 Å². The van der Waals surface area contributed by atoms with E-state index < -0.39 is 6.04 Å². The summed E-state index contributed by atoms with van der Waals surface area (Å²) in [5, 5.41) is 13.4. The molecular formula is C15H19N5O3. The van der Waals surface area contributed by atoms with Gasteiger partial charge in [0.05, 0.1) is 18.6 Å². The second-order valence-corrected chi connectivity index (χ2v) is 5.28. The molecule has 1 N–H and O–H groups in total. The third-order valence-corrected chi connectivity index (χ3v) is 2.97. The minimum Gasteiger partial charge on any atom is -0.463 e. The minimum atomic E-state index is -0.466. The van der Waals surface area contributed by atoms with Gasteiger partial charge in [-0.15, -0.1) is 5.10 Å². The number of benzene rings is 1. The highest BCUT2D eigenvalue weighted by molar-refractivity contribution is 5.77. The summed E-state index contributed by atoms with van der Waals surface area (Å²) in [6.45, 7) is 3.55. The summed E-state index contributed by atoms with van der Waals surface area (Å²) >= 11 is 0.